The molecule has 0 saturated carbocycles. The Bertz CT molecular complexity index is 774. The largest absolute Gasteiger partial charge is 0.472 e. The molecule has 1 heterocycles. The lowest BCUT2D eigenvalue weighted by molar-refractivity contribution is -0.104. The average molecular weight is 461 g/mol. The van der Waals surface area contributed by atoms with E-state index in [2.05, 4.69) is 27.7 Å². The highest BCUT2D eigenvalue weighted by molar-refractivity contribution is 5.64. The van der Waals surface area contributed by atoms with Crippen molar-refractivity contribution in [2.45, 2.75) is 38.9 Å². The van der Waals surface area contributed by atoms with Gasteiger partial charge in [0.2, 0.25) is 0 Å². The molecule has 0 aliphatic carbocycles. The molecule has 33 heavy (non-hydrogen) atoms. The molecule has 0 saturated heterocycles. The first-order valence-electron chi connectivity index (χ1n) is 10.8. The average Bonchev–Trinajstić information content (AvgIpc) is 3.32. The molecular formula is C24H36N4O5. The van der Waals surface area contributed by atoms with Gasteiger partial charge in [-0.15, -0.1) is 0 Å². The van der Waals surface area contributed by atoms with Gasteiger partial charge in [-0.05, 0) is 45.0 Å². The summed E-state index contributed by atoms with van der Waals surface area (Å²) < 4.78 is 10.4. The van der Waals surface area contributed by atoms with Crippen molar-refractivity contribution in [1.82, 2.24) is 16.0 Å². The van der Waals surface area contributed by atoms with Gasteiger partial charge in [0.05, 0.1) is 25.1 Å². The molecule has 9 heteroatoms. The van der Waals surface area contributed by atoms with Crippen molar-refractivity contribution in [2.75, 3.05) is 19.8 Å². The van der Waals surface area contributed by atoms with Gasteiger partial charge in [-0.2, -0.15) is 0 Å². The van der Waals surface area contributed by atoms with Crippen LogP contribution in [0.5, 0.6) is 0 Å². The number of allylic oxidation sites excluding steroid dienone is 3. The van der Waals surface area contributed by atoms with Crippen molar-refractivity contribution < 1.29 is 24.2 Å². The van der Waals surface area contributed by atoms with E-state index in [1.54, 1.807) is 24.8 Å². The summed E-state index contributed by atoms with van der Waals surface area (Å²) in [6, 6.07) is 1.82. The molecule has 1 aromatic heterocycles. The summed E-state index contributed by atoms with van der Waals surface area (Å²) in [5.74, 6) is -0.426. The lowest BCUT2D eigenvalue weighted by Crippen LogP contribution is -2.45. The van der Waals surface area contributed by atoms with Gasteiger partial charge in [0.1, 0.15) is 24.9 Å². The van der Waals surface area contributed by atoms with Gasteiger partial charge in [0, 0.05) is 31.3 Å². The molecule has 4 atom stereocenters. The predicted octanol–water partition coefficient (Wildman–Crippen LogP) is 1.94. The zero-order valence-electron chi connectivity index (χ0n) is 19.3. The van der Waals surface area contributed by atoms with Crippen LogP contribution < -0.4 is 16.0 Å². The molecule has 0 aromatic carbocycles. The Morgan fingerprint density at radius 1 is 1.30 bits per heavy atom. The van der Waals surface area contributed by atoms with Crippen LogP contribution in [0.2, 0.25) is 0 Å². The number of carbonyl (C=O) groups is 1. The minimum absolute atomic E-state index is 0.373. The molecule has 0 bridgehead atoms. The van der Waals surface area contributed by atoms with E-state index in [0.717, 1.165) is 11.1 Å². The zero-order chi connectivity index (χ0) is 24.3. The molecule has 0 radical (unpaired) electrons. The third kappa shape index (κ3) is 12.6. The molecule has 1 rings (SSSR count). The van der Waals surface area contributed by atoms with E-state index in [0.29, 0.717) is 32.5 Å². The SMILES string of the molecule is C=NC(NCCOCC)C(/C=C/c1ccoc1)C(O)N/C=C/C=C(\C)CC(O)NC=CC=O. The second-order valence-corrected chi connectivity index (χ2v) is 7.14. The number of nitrogens with one attached hydrogen (secondary N) is 3. The minimum atomic E-state index is -0.950. The lowest BCUT2D eigenvalue weighted by Gasteiger charge is -2.27. The molecule has 9 nitrogen and oxygen atoms in total. The van der Waals surface area contributed by atoms with E-state index in [4.69, 9.17) is 9.15 Å². The molecule has 0 amide bonds. The second-order valence-electron chi connectivity index (χ2n) is 7.14. The monoisotopic (exact) mass is 460 g/mol. The topological polar surface area (TPSA) is 128 Å². The Morgan fingerprint density at radius 3 is 2.76 bits per heavy atom. The van der Waals surface area contributed by atoms with E-state index >= 15 is 0 Å². The van der Waals surface area contributed by atoms with Crippen LogP contribution in [0.15, 0.2) is 70.3 Å². The van der Waals surface area contributed by atoms with Crippen LogP contribution in [-0.2, 0) is 9.53 Å². The number of hydrogen-bond donors (Lipinski definition) is 5. The normalized spacial score (nSPS) is 16.2. The summed E-state index contributed by atoms with van der Waals surface area (Å²) in [6.45, 7) is 9.17. The van der Waals surface area contributed by atoms with Crippen LogP contribution in [0.3, 0.4) is 0 Å². The van der Waals surface area contributed by atoms with Crippen molar-refractivity contribution in [2.24, 2.45) is 10.9 Å². The van der Waals surface area contributed by atoms with Gasteiger partial charge >= 0.3 is 0 Å². The van der Waals surface area contributed by atoms with Crippen molar-refractivity contribution >= 4 is 19.1 Å². The van der Waals surface area contributed by atoms with Crippen molar-refractivity contribution in [3.05, 3.63) is 66.4 Å². The van der Waals surface area contributed by atoms with Crippen molar-refractivity contribution in [3.8, 4) is 0 Å². The number of nitrogens with zero attached hydrogens (tertiary/aromatic N) is 1. The maximum absolute atomic E-state index is 10.8. The summed E-state index contributed by atoms with van der Waals surface area (Å²) >= 11 is 0. The van der Waals surface area contributed by atoms with Gasteiger partial charge < -0.3 is 30.0 Å². The molecule has 0 fully saturated rings. The molecule has 0 spiro atoms. The Balaban J connectivity index is 2.73. The van der Waals surface area contributed by atoms with Crippen LogP contribution in [0.1, 0.15) is 25.8 Å². The first kappa shape index (κ1) is 28.1. The lowest BCUT2D eigenvalue weighted by atomic mass is 10.0. The van der Waals surface area contributed by atoms with Gasteiger partial charge in [-0.3, -0.25) is 15.1 Å². The fourth-order valence-corrected chi connectivity index (χ4v) is 2.84. The highest BCUT2D eigenvalue weighted by Crippen LogP contribution is 2.15. The fraction of sp³-hybridized carbons (Fsp3) is 0.417. The maximum Gasteiger partial charge on any atom is 0.144 e. The quantitative estimate of drug-likeness (QED) is 0.0562. The van der Waals surface area contributed by atoms with Gasteiger partial charge in [-0.25, -0.2) is 0 Å². The Labute approximate surface area is 195 Å². The van der Waals surface area contributed by atoms with Crippen LogP contribution in [0.4, 0.5) is 0 Å². The third-order valence-electron chi connectivity index (χ3n) is 4.51. The zero-order valence-corrected chi connectivity index (χ0v) is 19.3. The summed E-state index contributed by atoms with van der Waals surface area (Å²) in [5, 5.41) is 29.5. The number of furan rings is 1. The fourth-order valence-electron chi connectivity index (χ4n) is 2.84. The Hall–Kier alpha value is -2.98. The van der Waals surface area contributed by atoms with Gasteiger partial charge in [-0.1, -0.05) is 23.8 Å². The second kappa shape index (κ2) is 17.6. The minimum Gasteiger partial charge on any atom is -0.472 e. The Kier molecular flexibility index (Phi) is 14.9. The molecular weight excluding hydrogens is 424 g/mol. The Morgan fingerprint density at radius 2 is 2.09 bits per heavy atom. The summed E-state index contributed by atoms with van der Waals surface area (Å²) in [5.41, 5.74) is 1.77. The van der Waals surface area contributed by atoms with Crippen LogP contribution in [-0.4, -0.2) is 61.6 Å². The van der Waals surface area contributed by atoms with E-state index in [1.807, 2.05) is 38.1 Å². The molecule has 5 N–H and O–H groups in total. The van der Waals surface area contributed by atoms with E-state index in [1.165, 1.54) is 12.3 Å². The van der Waals surface area contributed by atoms with Crippen molar-refractivity contribution in [3.63, 3.8) is 0 Å². The smallest absolute Gasteiger partial charge is 0.144 e. The van der Waals surface area contributed by atoms with E-state index < -0.39 is 24.5 Å². The number of ether oxygens (including phenoxy) is 1. The molecule has 4 unspecified atom stereocenters. The van der Waals surface area contributed by atoms with Crippen LogP contribution in [0.25, 0.3) is 6.08 Å². The molecule has 0 aliphatic rings. The maximum atomic E-state index is 10.8. The van der Waals surface area contributed by atoms with E-state index in [9.17, 15) is 15.0 Å². The first-order chi connectivity index (χ1) is 16.0. The number of aliphatic imine (C=N–C) groups is 1. The van der Waals surface area contributed by atoms with Crippen molar-refractivity contribution in [1.29, 1.82) is 0 Å². The summed E-state index contributed by atoms with van der Waals surface area (Å²) in [4.78, 5) is 14.4. The van der Waals surface area contributed by atoms with Gasteiger partial charge in [0.25, 0.3) is 0 Å². The third-order valence-corrected chi connectivity index (χ3v) is 4.51. The number of carbonyl (C=O) groups excluding carboxylic acids is 1. The molecule has 182 valence electrons. The highest BCUT2D eigenvalue weighted by Gasteiger charge is 2.24. The number of aldehydes is 1. The van der Waals surface area contributed by atoms with Crippen LogP contribution >= 0.6 is 0 Å². The summed E-state index contributed by atoms with van der Waals surface area (Å²) in [7, 11) is 0. The predicted molar refractivity (Wildman–Crippen MR) is 130 cm³/mol. The molecule has 1 aromatic rings. The van der Waals surface area contributed by atoms with E-state index in [-0.39, 0.29) is 0 Å². The first-order valence-corrected chi connectivity index (χ1v) is 10.8. The highest BCUT2D eigenvalue weighted by atomic mass is 16.5. The number of aliphatic hydroxyl groups excluding tert-OH is 2. The van der Waals surface area contributed by atoms with Crippen LogP contribution in [0, 0.1) is 5.92 Å². The molecule has 0 aliphatic heterocycles. The van der Waals surface area contributed by atoms with Gasteiger partial charge in [0.15, 0.2) is 0 Å². The number of rotatable bonds is 18. The standard InChI is InChI=1S/C24H36N4O5/c1-4-32-16-13-27-23(25-3)21(9-8-20-10-15-33-18-20)24(31)28-11-5-7-19(2)17-22(30)26-12-6-14-29/h5-12,14-15,18,21-24,26-28,30-31H,3-4,13,16-17H2,1-2H3/b9-8+,11-5+,12-6?,19-7+. The number of hydrogen-bond acceptors (Lipinski definition) is 9. The summed E-state index contributed by atoms with van der Waals surface area (Å²) in [6.07, 6.45) is 13.5. The number of aliphatic hydroxyl groups is 2.